The van der Waals surface area contributed by atoms with E-state index in [0.717, 1.165) is 76.0 Å². The van der Waals surface area contributed by atoms with Gasteiger partial charge in [0, 0.05) is 32.7 Å². The highest BCUT2D eigenvalue weighted by atomic mass is 16.5. The molecule has 2 heterocycles. The van der Waals surface area contributed by atoms with Gasteiger partial charge in [0.2, 0.25) is 11.8 Å². The molecule has 6 fully saturated rings. The zero-order valence-corrected chi connectivity index (χ0v) is 20.3. The quantitative estimate of drug-likeness (QED) is 0.701. The second kappa shape index (κ2) is 9.27. The third-order valence-electron chi connectivity index (χ3n) is 9.28. The minimum Gasteiger partial charge on any atom is -0.374 e. The lowest BCUT2D eigenvalue weighted by Crippen LogP contribution is -2.57. The van der Waals surface area contributed by atoms with E-state index in [0.29, 0.717) is 19.1 Å². The first-order valence-corrected chi connectivity index (χ1v) is 13.5. The SMILES string of the molecule is O=C(NCC1CN(Cc2ccccc2)CCO1)C1CCCN1C(=O)C12CC3CC(CC(C3)C1)C2. The Kier molecular flexibility index (Phi) is 6.14. The summed E-state index contributed by atoms with van der Waals surface area (Å²) in [5, 5.41) is 3.15. The number of carbonyl (C=O) groups is 2. The second-order valence-electron chi connectivity index (χ2n) is 11.8. The Morgan fingerprint density at radius 2 is 1.71 bits per heavy atom. The van der Waals surface area contributed by atoms with E-state index in [1.165, 1.54) is 24.8 Å². The zero-order chi connectivity index (χ0) is 23.1. The lowest BCUT2D eigenvalue weighted by atomic mass is 9.49. The van der Waals surface area contributed by atoms with Gasteiger partial charge in [-0.05, 0) is 74.7 Å². The summed E-state index contributed by atoms with van der Waals surface area (Å²) in [7, 11) is 0. The minimum atomic E-state index is -0.301. The first-order chi connectivity index (χ1) is 16.6. The number of amides is 2. The van der Waals surface area contributed by atoms with Crippen molar-refractivity contribution in [1.29, 1.82) is 0 Å². The zero-order valence-electron chi connectivity index (χ0n) is 20.3. The molecule has 2 atom stereocenters. The molecule has 0 radical (unpaired) electrons. The fourth-order valence-corrected chi connectivity index (χ4v) is 8.18. The van der Waals surface area contributed by atoms with Crippen LogP contribution in [0.15, 0.2) is 30.3 Å². The van der Waals surface area contributed by atoms with Crippen molar-refractivity contribution in [3.8, 4) is 0 Å². The predicted molar refractivity (Wildman–Crippen MR) is 130 cm³/mol. The van der Waals surface area contributed by atoms with Crippen molar-refractivity contribution < 1.29 is 14.3 Å². The second-order valence-corrected chi connectivity index (χ2v) is 11.8. The van der Waals surface area contributed by atoms with Crippen LogP contribution in [0.2, 0.25) is 0 Å². The fraction of sp³-hybridized carbons (Fsp3) is 0.714. The number of rotatable bonds is 6. The molecule has 2 amide bonds. The molecule has 6 heteroatoms. The monoisotopic (exact) mass is 465 g/mol. The van der Waals surface area contributed by atoms with Crippen molar-refractivity contribution in [3.63, 3.8) is 0 Å². The summed E-state index contributed by atoms with van der Waals surface area (Å²) in [6.45, 7) is 4.58. The van der Waals surface area contributed by atoms with Gasteiger partial charge in [0.25, 0.3) is 0 Å². The molecule has 2 aliphatic heterocycles. The van der Waals surface area contributed by atoms with Gasteiger partial charge < -0.3 is 15.0 Å². The lowest BCUT2D eigenvalue weighted by molar-refractivity contribution is -0.160. The van der Waals surface area contributed by atoms with Crippen LogP contribution in [0.3, 0.4) is 0 Å². The highest BCUT2D eigenvalue weighted by Gasteiger charge is 2.56. The van der Waals surface area contributed by atoms with Gasteiger partial charge in [0.05, 0.1) is 18.1 Å². The molecule has 7 rings (SSSR count). The molecular formula is C28H39N3O3. The van der Waals surface area contributed by atoms with E-state index in [2.05, 4.69) is 34.5 Å². The Balaban J connectivity index is 1.04. The van der Waals surface area contributed by atoms with Crippen LogP contribution in [0.1, 0.15) is 56.9 Å². The van der Waals surface area contributed by atoms with E-state index < -0.39 is 0 Å². The maximum absolute atomic E-state index is 13.9. The van der Waals surface area contributed by atoms with Gasteiger partial charge in [-0.25, -0.2) is 0 Å². The number of carbonyl (C=O) groups excluding carboxylic acids is 2. The maximum Gasteiger partial charge on any atom is 0.242 e. The number of likely N-dealkylation sites (tertiary alicyclic amines) is 1. The molecule has 4 bridgehead atoms. The summed E-state index contributed by atoms with van der Waals surface area (Å²) in [5.41, 5.74) is 1.14. The standard InChI is InChI=1S/C28H39N3O3/c32-26(29-17-24-19-30(9-10-34-24)18-20-5-2-1-3-6-20)25-7-4-8-31(25)27(33)28-14-21-11-22(15-28)13-23(12-21)16-28/h1-3,5-6,21-25H,4,7-19H2,(H,29,32). The largest absolute Gasteiger partial charge is 0.374 e. The number of nitrogens with one attached hydrogen (secondary N) is 1. The van der Waals surface area contributed by atoms with Crippen molar-refractivity contribution in [1.82, 2.24) is 15.1 Å². The Morgan fingerprint density at radius 1 is 1.00 bits per heavy atom. The number of morpholine rings is 1. The van der Waals surface area contributed by atoms with Crippen molar-refractivity contribution >= 4 is 11.8 Å². The Hall–Kier alpha value is -1.92. The third kappa shape index (κ3) is 4.39. The van der Waals surface area contributed by atoms with Gasteiger partial charge in [-0.3, -0.25) is 14.5 Å². The lowest BCUT2D eigenvalue weighted by Gasteiger charge is -2.56. The normalized spacial score (nSPS) is 37.2. The number of nitrogens with zero attached hydrogens (tertiary/aromatic N) is 2. The van der Waals surface area contributed by atoms with E-state index in [-0.39, 0.29) is 23.5 Å². The average molecular weight is 466 g/mol. The molecule has 4 aliphatic carbocycles. The molecule has 0 spiro atoms. The van der Waals surface area contributed by atoms with Crippen molar-refractivity contribution in [2.75, 3.05) is 32.8 Å². The van der Waals surface area contributed by atoms with Gasteiger partial charge >= 0.3 is 0 Å². The van der Waals surface area contributed by atoms with E-state index in [4.69, 9.17) is 4.74 Å². The minimum absolute atomic E-state index is 0.00452. The van der Waals surface area contributed by atoms with Crippen LogP contribution >= 0.6 is 0 Å². The fourth-order valence-electron chi connectivity index (χ4n) is 8.18. The molecule has 1 N–H and O–H groups in total. The number of hydrogen-bond acceptors (Lipinski definition) is 4. The van der Waals surface area contributed by atoms with Gasteiger partial charge in [-0.1, -0.05) is 30.3 Å². The van der Waals surface area contributed by atoms with E-state index in [1.807, 2.05) is 11.0 Å². The van der Waals surface area contributed by atoms with Crippen LogP contribution in [0.4, 0.5) is 0 Å². The molecule has 6 nitrogen and oxygen atoms in total. The average Bonchev–Trinajstić information content (AvgIpc) is 3.32. The van der Waals surface area contributed by atoms with Crippen molar-refractivity contribution in [2.45, 2.75) is 70.1 Å². The number of ether oxygens (including phenoxy) is 1. The van der Waals surface area contributed by atoms with Crippen LogP contribution in [0.25, 0.3) is 0 Å². The molecular weight excluding hydrogens is 426 g/mol. The van der Waals surface area contributed by atoms with Gasteiger partial charge in [0.1, 0.15) is 6.04 Å². The van der Waals surface area contributed by atoms with Gasteiger partial charge in [0.15, 0.2) is 0 Å². The molecule has 0 aromatic heterocycles. The van der Waals surface area contributed by atoms with E-state index >= 15 is 0 Å². The molecule has 2 saturated heterocycles. The molecule has 1 aromatic carbocycles. The first-order valence-electron chi connectivity index (χ1n) is 13.5. The summed E-state index contributed by atoms with van der Waals surface area (Å²) in [5.74, 6) is 2.54. The van der Waals surface area contributed by atoms with Crippen LogP contribution in [-0.4, -0.2) is 66.5 Å². The summed E-state index contributed by atoms with van der Waals surface area (Å²) in [4.78, 5) is 31.4. The Bertz CT molecular complexity index is 868. The topological polar surface area (TPSA) is 61.9 Å². The van der Waals surface area contributed by atoms with E-state index in [9.17, 15) is 9.59 Å². The van der Waals surface area contributed by atoms with Crippen LogP contribution in [-0.2, 0) is 20.9 Å². The van der Waals surface area contributed by atoms with E-state index in [1.54, 1.807) is 0 Å². The summed E-state index contributed by atoms with van der Waals surface area (Å²) in [6, 6.07) is 10.2. The highest BCUT2D eigenvalue weighted by Crippen LogP contribution is 2.60. The molecule has 1 aromatic rings. The summed E-state index contributed by atoms with van der Waals surface area (Å²) < 4.78 is 5.96. The summed E-state index contributed by atoms with van der Waals surface area (Å²) in [6.07, 6.45) is 8.91. The summed E-state index contributed by atoms with van der Waals surface area (Å²) >= 11 is 0. The molecule has 6 aliphatic rings. The Morgan fingerprint density at radius 3 is 2.41 bits per heavy atom. The van der Waals surface area contributed by atoms with Gasteiger partial charge in [-0.15, -0.1) is 0 Å². The highest BCUT2D eigenvalue weighted by molar-refractivity contribution is 5.91. The van der Waals surface area contributed by atoms with Crippen LogP contribution in [0.5, 0.6) is 0 Å². The number of hydrogen-bond donors (Lipinski definition) is 1. The number of benzene rings is 1. The van der Waals surface area contributed by atoms with Crippen LogP contribution < -0.4 is 5.32 Å². The van der Waals surface area contributed by atoms with Crippen LogP contribution in [0, 0.1) is 23.2 Å². The molecule has 34 heavy (non-hydrogen) atoms. The Labute approximate surface area is 203 Å². The molecule has 184 valence electrons. The van der Waals surface area contributed by atoms with Crippen molar-refractivity contribution in [2.24, 2.45) is 23.2 Å². The predicted octanol–water partition coefficient (Wildman–Crippen LogP) is 3.21. The maximum atomic E-state index is 13.9. The molecule has 2 unspecified atom stereocenters. The van der Waals surface area contributed by atoms with Gasteiger partial charge in [-0.2, -0.15) is 0 Å². The molecule has 4 saturated carbocycles. The smallest absolute Gasteiger partial charge is 0.242 e. The third-order valence-corrected chi connectivity index (χ3v) is 9.28. The van der Waals surface area contributed by atoms with Crippen molar-refractivity contribution in [3.05, 3.63) is 35.9 Å². The first kappa shape index (κ1) is 22.5.